The molecule has 1 saturated heterocycles. The minimum Gasteiger partial charge on any atom is -0.347 e. The van der Waals surface area contributed by atoms with Crippen LogP contribution >= 0.6 is 0 Å². The monoisotopic (exact) mass is 267 g/mol. The number of piperazine rings is 1. The molecule has 2 aliphatic rings. The van der Waals surface area contributed by atoms with Crippen LogP contribution in [0.5, 0.6) is 0 Å². The second kappa shape index (κ2) is 5.80. The quantitative estimate of drug-likeness (QED) is 0.819. The lowest BCUT2D eigenvalue weighted by Gasteiger charge is -2.46. The van der Waals surface area contributed by atoms with Gasteiger partial charge in [0.15, 0.2) is 0 Å². The van der Waals surface area contributed by atoms with Gasteiger partial charge in [-0.2, -0.15) is 0 Å². The van der Waals surface area contributed by atoms with Crippen LogP contribution in [-0.2, 0) is 4.79 Å². The number of hydrogen-bond donors (Lipinski definition) is 1. The van der Waals surface area contributed by atoms with Gasteiger partial charge in [-0.05, 0) is 24.7 Å². The average molecular weight is 267 g/mol. The minimum atomic E-state index is 0.0302. The fourth-order valence-electron chi connectivity index (χ4n) is 3.63. The molecule has 1 aliphatic carbocycles. The molecular weight excluding hydrogens is 238 g/mol. The lowest BCUT2D eigenvalue weighted by molar-refractivity contribution is -0.137. The summed E-state index contributed by atoms with van der Waals surface area (Å²) in [5.41, 5.74) is 0.430. The van der Waals surface area contributed by atoms with Gasteiger partial charge in [0, 0.05) is 39.8 Å². The zero-order chi connectivity index (χ0) is 14.0. The van der Waals surface area contributed by atoms with Crippen LogP contribution in [0.25, 0.3) is 0 Å². The van der Waals surface area contributed by atoms with E-state index in [4.69, 9.17) is 0 Å². The highest BCUT2D eigenvalue weighted by molar-refractivity contribution is 5.81. The van der Waals surface area contributed by atoms with Gasteiger partial charge in [0.05, 0.1) is 0 Å². The fraction of sp³-hybridized carbons (Fsp3) is 0.933. The number of nitrogens with zero attached hydrogens (tertiary/aromatic N) is 2. The Labute approximate surface area is 117 Å². The Hall–Kier alpha value is -0.610. The maximum Gasteiger partial charge on any atom is 0.240 e. The maximum absolute atomic E-state index is 12.4. The molecule has 4 nitrogen and oxygen atoms in total. The van der Waals surface area contributed by atoms with E-state index in [0.29, 0.717) is 11.5 Å². The first-order chi connectivity index (χ1) is 8.91. The molecule has 1 aliphatic heterocycles. The van der Waals surface area contributed by atoms with E-state index in [1.165, 1.54) is 25.7 Å². The van der Waals surface area contributed by atoms with E-state index in [2.05, 4.69) is 24.1 Å². The first-order valence-corrected chi connectivity index (χ1v) is 7.58. The van der Waals surface area contributed by atoms with Crippen molar-refractivity contribution in [2.45, 2.75) is 51.6 Å². The molecule has 1 heterocycles. The van der Waals surface area contributed by atoms with Crippen molar-refractivity contribution in [2.24, 2.45) is 5.41 Å². The molecule has 0 bridgehead atoms. The van der Waals surface area contributed by atoms with Gasteiger partial charge in [0.2, 0.25) is 5.91 Å². The molecule has 0 spiro atoms. The summed E-state index contributed by atoms with van der Waals surface area (Å²) in [6.07, 6.45) is 5.09. The van der Waals surface area contributed by atoms with Gasteiger partial charge >= 0.3 is 0 Å². The first-order valence-electron chi connectivity index (χ1n) is 7.58. The topological polar surface area (TPSA) is 35.6 Å². The van der Waals surface area contributed by atoms with Crippen molar-refractivity contribution in [1.29, 1.82) is 0 Å². The van der Waals surface area contributed by atoms with E-state index in [9.17, 15) is 4.79 Å². The lowest BCUT2D eigenvalue weighted by atomic mass is 9.74. The van der Waals surface area contributed by atoms with Gasteiger partial charge in [-0.25, -0.2) is 0 Å². The summed E-state index contributed by atoms with van der Waals surface area (Å²) in [4.78, 5) is 16.6. The van der Waals surface area contributed by atoms with Crippen molar-refractivity contribution in [3.05, 3.63) is 0 Å². The summed E-state index contributed by atoms with van der Waals surface area (Å²) in [5.74, 6) is 0.246. The molecule has 0 aromatic heterocycles. The summed E-state index contributed by atoms with van der Waals surface area (Å²) >= 11 is 0. The van der Waals surface area contributed by atoms with E-state index in [1.54, 1.807) is 4.90 Å². The van der Waals surface area contributed by atoms with Crippen molar-refractivity contribution in [3.8, 4) is 0 Å². The van der Waals surface area contributed by atoms with Crippen LogP contribution in [0.3, 0.4) is 0 Å². The lowest BCUT2D eigenvalue weighted by Crippen LogP contribution is -2.61. The number of nitrogens with one attached hydrogen (secondary N) is 1. The van der Waals surface area contributed by atoms with E-state index < -0.39 is 0 Å². The zero-order valence-electron chi connectivity index (χ0n) is 12.9. The number of likely N-dealkylation sites (N-methyl/N-ethyl adjacent to an activating group) is 1. The molecule has 1 amide bonds. The zero-order valence-corrected chi connectivity index (χ0v) is 12.9. The predicted molar refractivity (Wildman–Crippen MR) is 78.1 cm³/mol. The van der Waals surface area contributed by atoms with Crippen molar-refractivity contribution < 1.29 is 4.79 Å². The van der Waals surface area contributed by atoms with E-state index >= 15 is 0 Å². The van der Waals surface area contributed by atoms with Crippen LogP contribution in [-0.4, -0.2) is 61.5 Å². The third kappa shape index (κ3) is 3.48. The predicted octanol–water partition coefficient (Wildman–Crippen LogP) is 1.32. The number of carbonyl (C=O) groups is 1. The Morgan fingerprint density at radius 1 is 1.37 bits per heavy atom. The maximum atomic E-state index is 12.4. The smallest absolute Gasteiger partial charge is 0.240 e. The first kappa shape index (κ1) is 14.8. The number of rotatable bonds is 2. The summed E-state index contributed by atoms with van der Waals surface area (Å²) in [6.45, 7) is 7.54. The average Bonchev–Trinajstić information content (AvgIpc) is 2.36. The largest absolute Gasteiger partial charge is 0.347 e. The Kier molecular flexibility index (Phi) is 4.51. The van der Waals surface area contributed by atoms with Crippen molar-refractivity contribution in [3.63, 3.8) is 0 Å². The molecular formula is C15H29N3O. The Bertz CT molecular complexity index is 327. The second-order valence-corrected chi connectivity index (χ2v) is 7.10. The second-order valence-electron chi connectivity index (χ2n) is 7.10. The van der Waals surface area contributed by atoms with Crippen molar-refractivity contribution in [2.75, 3.05) is 33.7 Å². The summed E-state index contributed by atoms with van der Waals surface area (Å²) in [7, 11) is 3.72. The van der Waals surface area contributed by atoms with Crippen LogP contribution < -0.4 is 5.32 Å². The molecule has 1 saturated carbocycles. The van der Waals surface area contributed by atoms with E-state index in [0.717, 1.165) is 19.6 Å². The fourth-order valence-corrected chi connectivity index (χ4v) is 3.63. The van der Waals surface area contributed by atoms with Gasteiger partial charge in [-0.15, -0.1) is 0 Å². The van der Waals surface area contributed by atoms with Crippen LogP contribution in [0, 0.1) is 5.41 Å². The van der Waals surface area contributed by atoms with Crippen LogP contribution in [0.4, 0.5) is 0 Å². The molecule has 2 unspecified atom stereocenters. The molecule has 0 radical (unpaired) electrons. The van der Waals surface area contributed by atoms with Crippen LogP contribution in [0.1, 0.15) is 39.5 Å². The molecule has 1 N–H and O–H groups in total. The molecule has 2 atom stereocenters. The van der Waals surface area contributed by atoms with Gasteiger partial charge in [-0.3, -0.25) is 9.69 Å². The van der Waals surface area contributed by atoms with Crippen LogP contribution in [0.2, 0.25) is 0 Å². The van der Waals surface area contributed by atoms with E-state index in [-0.39, 0.29) is 11.9 Å². The molecule has 2 rings (SSSR count). The summed E-state index contributed by atoms with van der Waals surface area (Å²) < 4.78 is 0. The van der Waals surface area contributed by atoms with Gasteiger partial charge < -0.3 is 10.2 Å². The summed E-state index contributed by atoms with van der Waals surface area (Å²) in [5, 5.41) is 3.37. The Morgan fingerprint density at radius 3 is 2.74 bits per heavy atom. The van der Waals surface area contributed by atoms with Crippen molar-refractivity contribution in [1.82, 2.24) is 15.1 Å². The SMILES string of the molecule is CN(C)C(=O)C1CNCCN1C1CCCC(C)(C)C1. The molecule has 4 heteroatoms. The van der Waals surface area contributed by atoms with Gasteiger partial charge in [0.25, 0.3) is 0 Å². The molecule has 2 fully saturated rings. The molecule has 110 valence electrons. The third-order valence-electron chi connectivity index (χ3n) is 4.66. The van der Waals surface area contributed by atoms with Crippen molar-refractivity contribution >= 4 is 5.91 Å². The Balaban J connectivity index is 2.08. The van der Waals surface area contributed by atoms with Gasteiger partial charge in [-0.1, -0.05) is 20.3 Å². The highest BCUT2D eigenvalue weighted by atomic mass is 16.2. The highest BCUT2D eigenvalue weighted by Gasteiger charge is 2.38. The standard InChI is InChI=1S/C15H29N3O/c1-15(2)7-5-6-12(10-15)18-9-8-16-11-13(18)14(19)17(3)4/h12-13,16H,5-11H2,1-4H3. The van der Waals surface area contributed by atoms with Crippen LogP contribution in [0.15, 0.2) is 0 Å². The normalized spacial score (nSPS) is 32.0. The number of carbonyl (C=O) groups excluding carboxylic acids is 1. The highest BCUT2D eigenvalue weighted by Crippen LogP contribution is 2.38. The number of amides is 1. The third-order valence-corrected chi connectivity index (χ3v) is 4.66. The van der Waals surface area contributed by atoms with Gasteiger partial charge in [0.1, 0.15) is 6.04 Å². The Morgan fingerprint density at radius 2 is 2.11 bits per heavy atom. The van der Waals surface area contributed by atoms with E-state index in [1.807, 2.05) is 14.1 Å². The summed E-state index contributed by atoms with van der Waals surface area (Å²) in [6, 6.07) is 0.613. The molecule has 19 heavy (non-hydrogen) atoms. The molecule has 0 aromatic carbocycles. The molecule has 0 aromatic rings. The minimum absolute atomic E-state index is 0.0302. The number of hydrogen-bond acceptors (Lipinski definition) is 3.